The van der Waals surface area contributed by atoms with E-state index in [1.807, 2.05) is 0 Å². The Morgan fingerprint density at radius 3 is 2.33 bits per heavy atom. The molecule has 0 aliphatic carbocycles. The highest BCUT2D eigenvalue weighted by atomic mass is 32.2. The van der Waals surface area contributed by atoms with E-state index in [0.29, 0.717) is 19.6 Å². The summed E-state index contributed by atoms with van der Waals surface area (Å²) in [7, 11) is -7.92. The van der Waals surface area contributed by atoms with Gasteiger partial charge in [0.2, 0.25) is 26.0 Å². The molecule has 1 fully saturated rings. The Balaban J connectivity index is 1.77. The van der Waals surface area contributed by atoms with Crippen LogP contribution in [-0.2, 0) is 36.0 Å². The summed E-state index contributed by atoms with van der Waals surface area (Å²) in [6.45, 7) is 3.54. The second-order valence-electron chi connectivity index (χ2n) is 10.7. The van der Waals surface area contributed by atoms with E-state index < -0.39 is 49.6 Å². The quantitative estimate of drug-likeness (QED) is 0.182. The topological polar surface area (TPSA) is 185 Å². The van der Waals surface area contributed by atoms with Gasteiger partial charge >= 0.3 is 0 Å². The molecule has 3 atom stereocenters. The van der Waals surface area contributed by atoms with Gasteiger partial charge in [0.15, 0.2) is 0 Å². The Morgan fingerprint density at radius 2 is 1.76 bits per heavy atom. The van der Waals surface area contributed by atoms with Crippen LogP contribution < -0.4 is 10.0 Å². The first-order chi connectivity index (χ1) is 19.8. The lowest BCUT2D eigenvalue weighted by Crippen LogP contribution is -2.52. The molecule has 2 aromatic carbocycles. The smallest absolute Gasteiger partial charge is 0.269 e. The highest BCUT2D eigenvalue weighted by Gasteiger charge is 2.32. The third kappa shape index (κ3) is 10.1. The predicted molar refractivity (Wildman–Crippen MR) is 155 cm³/mol. The molecule has 0 aromatic heterocycles. The number of amides is 1. The SMILES string of the molecule is CC(C)CN(C[C@@H](O)[C@H](Cc1ccccc1)NC(=O)CNS(=O)(=O)C[C@@H]1CCOC1)S(=O)(=O)c1ccc([N+](=O)[O-])cc1. The number of benzene rings is 2. The van der Waals surface area contributed by atoms with Gasteiger partial charge in [-0.2, -0.15) is 4.31 Å². The lowest BCUT2D eigenvalue weighted by atomic mass is 10.0. The Labute approximate surface area is 246 Å². The number of carbonyl (C=O) groups excluding carboxylic acids is 1. The number of nitro groups is 1. The van der Waals surface area contributed by atoms with E-state index >= 15 is 0 Å². The number of rotatable bonds is 16. The molecule has 42 heavy (non-hydrogen) atoms. The minimum absolute atomic E-state index is 0.0348. The van der Waals surface area contributed by atoms with Gasteiger partial charge in [-0.05, 0) is 42.4 Å². The molecule has 3 rings (SSSR count). The lowest BCUT2D eigenvalue weighted by Gasteiger charge is -2.30. The molecule has 3 N–H and O–H groups in total. The van der Waals surface area contributed by atoms with Crippen LogP contribution >= 0.6 is 0 Å². The summed E-state index contributed by atoms with van der Waals surface area (Å²) in [5.41, 5.74) is 0.500. The summed E-state index contributed by atoms with van der Waals surface area (Å²) in [5.74, 6) is -1.13. The molecular formula is C27H38N4O9S2. The number of nitrogens with one attached hydrogen (secondary N) is 2. The Kier molecular flexibility index (Phi) is 12.0. The van der Waals surface area contributed by atoms with Crippen molar-refractivity contribution in [1.82, 2.24) is 14.3 Å². The van der Waals surface area contributed by atoms with Crippen LogP contribution in [0.25, 0.3) is 0 Å². The molecule has 1 amide bonds. The molecule has 13 nitrogen and oxygen atoms in total. The van der Waals surface area contributed by atoms with Gasteiger partial charge in [0.1, 0.15) is 0 Å². The van der Waals surface area contributed by atoms with Gasteiger partial charge in [0.25, 0.3) is 5.69 Å². The number of hydrogen-bond acceptors (Lipinski definition) is 9. The summed E-state index contributed by atoms with van der Waals surface area (Å²) in [5, 5.41) is 25.0. The zero-order valence-corrected chi connectivity index (χ0v) is 25.2. The van der Waals surface area contributed by atoms with Crippen molar-refractivity contribution in [3.63, 3.8) is 0 Å². The van der Waals surface area contributed by atoms with Crippen molar-refractivity contribution in [2.24, 2.45) is 11.8 Å². The zero-order valence-electron chi connectivity index (χ0n) is 23.6. The van der Waals surface area contributed by atoms with Gasteiger partial charge in [-0.15, -0.1) is 0 Å². The average Bonchev–Trinajstić information content (AvgIpc) is 3.44. The van der Waals surface area contributed by atoms with E-state index in [0.717, 1.165) is 34.1 Å². The molecule has 0 bridgehead atoms. The Bertz CT molecular complexity index is 1400. The van der Waals surface area contributed by atoms with Crippen LogP contribution in [0.1, 0.15) is 25.8 Å². The van der Waals surface area contributed by atoms with E-state index in [4.69, 9.17) is 4.74 Å². The predicted octanol–water partition coefficient (Wildman–Crippen LogP) is 1.29. The van der Waals surface area contributed by atoms with E-state index in [-0.39, 0.29) is 47.7 Å². The van der Waals surface area contributed by atoms with Crippen LogP contribution in [0.4, 0.5) is 5.69 Å². The second kappa shape index (κ2) is 15.0. The molecule has 0 unspecified atom stereocenters. The Hall–Kier alpha value is -2.95. The first kappa shape index (κ1) is 33.6. The van der Waals surface area contributed by atoms with Crippen molar-refractivity contribution in [2.75, 3.05) is 38.6 Å². The monoisotopic (exact) mass is 626 g/mol. The summed E-state index contributed by atoms with van der Waals surface area (Å²) in [6.07, 6.45) is -0.617. The van der Waals surface area contributed by atoms with Crippen LogP contribution in [0, 0.1) is 22.0 Å². The lowest BCUT2D eigenvalue weighted by molar-refractivity contribution is -0.384. The number of nitro benzene ring substituents is 1. The number of aliphatic hydroxyl groups excluding tert-OH is 1. The van der Waals surface area contributed by atoms with E-state index in [1.54, 1.807) is 44.2 Å². The van der Waals surface area contributed by atoms with Crippen LogP contribution in [0.2, 0.25) is 0 Å². The molecule has 2 aromatic rings. The fourth-order valence-electron chi connectivity index (χ4n) is 4.57. The molecule has 0 spiro atoms. The van der Waals surface area contributed by atoms with Crippen molar-refractivity contribution in [3.05, 3.63) is 70.3 Å². The fourth-order valence-corrected chi connectivity index (χ4v) is 7.55. The van der Waals surface area contributed by atoms with Gasteiger partial charge in [-0.3, -0.25) is 14.9 Å². The highest BCUT2D eigenvalue weighted by Crippen LogP contribution is 2.22. The van der Waals surface area contributed by atoms with Gasteiger partial charge in [-0.25, -0.2) is 21.6 Å². The maximum Gasteiger partial charge on any atom is 0.269 e. The number of carbonyl (C=O) groups is 1. The minimum Gasteiger partial charge on any atom is -0.390 e. The van der Waals surface area contributed by atoms with Crippen LogP contribution in [-0.4, -0.2) is 87.8 Å². The number of sulfonamides is 2. The van der Waals surface area contributed by atoms with Crippen molar-refractivity contribution in [2.45, 2.75) is 43.7 Å². The summed E-state index contributed by atoms with van der Waals surface area (Å²) >= 11 is 0. The number of hydrogen-bond donors (Lipinski definition) is 3. The van der Waals surface area contributed by atoms with E-state index in [2.05, 4.69) is 10.0 Å². The van der Waals surface area contributed by atoms with Gasteiger partial charge in [-0.1, -0.05) is 44.2 Å². The molecule has 15 heteroatoms. The molecule has 1 heterocycles. The maximum absolute atomic E-state index is 13.5. The Morgan fingerprint density at radius 1 is 1.10 bits per heavy atom. The van der Waals surface area contributed by atoms with Crippen LogP contribution in [0.5, 0.6) is 0 Å². The first-order valence-corrected chi connectivity index (χ1v) is 16.7. The van der Waals surface area contributed by atoms with Crippen molar-refractivity contribution < 1.29 is 36.4 Å². The van der Waals surface area contributed by atoms with Crippen molar-refractivity contribution in [3.8, 4) is 0 Å². The molecule has 232 valence electrons. The molecule has 0 radical (unpaired) electrons. The number of ether oxygens (including phenoxy) is 1. The summed E-state index contributed by atoms with van der Waals surface area (Å²) < 4.78 is 60.5. The van der Waals surface area contributed by atoms with Crippen molar-refractivity contribution in [1.29, 1.82) is 0 Å². The van der Waals surface area contributed by atoms with E-state index in [1.165, 1.54) is 0 Å². The average molecular weight is 627 g/mol. The third-order valence-corrected chi connectivity index (χ3v) is 10.0. The highest BCUT2D eigenvalue weighted by molar-refractivity contribution is 7.89. The standard InChI is InChI=1S/C27H38N4O9S2/c1-20(2)16-30(42(38,39)24-10-8-23(9-11-24)31(34)35)17-26(32)25(14-21-6-4-3-5-7-21)29-27(33)15-28-41(36,37)19-22-12-13-40-18-22/h3-11,20,22,25-26,28,32H,12-19H2,1-2H3,(H,29,33)/t22-,25+,26-/m1/s1. The molecule has 1 aliphatic heterocycles. The molecule has 0 saturated carbocycles. The largest absolute Gasteiger partial charge is 0.390 e. The molecule has 1 saturated heterocycles. The first-order valence-electron chi connectivity index (χ1n) is 13.6. The van der Waals surface area contributed by atoms with Crippen LogP contribution in [0.3, 0.4) is 0 Å². The van der Waals surface area contributed by atoms with Gasteiger partial charge in [0, 0.05) is 31.8 Å². The minimum atomic E-state index is -4.17. The summed E-state index contributed by atoms with van der Waals surface area (Å²) in [4.78, 5) is 23.0. The summed E-state index contributed by atoms with van der Waals surface area (Å²) in [6, 6.07) is 12.5. The van der Waals surface area contributed by atoms with Crippen molar-refractivity contribution >= 4 is 31.6 Å². The van der Waals surface area contributed by atoms with Crippen LogP contribution in [0.15, 0.2) is 59.5 Å². The third-order valence-electron chi connectivity index (χ3n) is 6.69. The maximum atomic E-state index is 13.5. The molecular weight excluding hydrogens is 588 g/mol. The second-order valence-corrected chi connectivity index (χ2v) is 14.5. The van der Waals surface area contributed by atoms with Gasteiger partial charge < -0.3 is 15.2 Å². The van der Waals surface area contributed by atoms with E-state index in [9.17, 15) is 36.9 Å². The fraction of sp³-hybridized carbons (Fsp3) is 0.519. The molecule has 1 aliphatic rings. The van der Waals surface area contributed by atoms with Gasteiger partial charge in [0.05, 0.1) is 40.9 Å². The zero-order chi connectivity index (χ0) is 30.9. The number of nitrogens with zero attached hydrogens (tertiary/aromatic N) is 2. The number of non-ortho nitro benzene ring substituents is 1. The normalized spacial score (nSPS) is 17.3. The number of aliphatic hydroxyl groups is 1.